The molecule has 0 atom stereocenters. The number of hydrogen-bond acceptors (Lipinski definition) is 3. The van der Waals surface area contributed by atoms with Crippen LogP contribution < -0.4 is 14.5 Å². The van der Waals surface area contributed by atoms with Crippen LogP contribution in [0.1, 0.15) is 18.4 Å². The van der Waals surface area contributed by atoms with Crippen molar-refractivity contribution in [3.63, 3.8) is 0 Å². The van der Waals surface area contributed by atoms with Crippen LogP contribution in [-0.4, -0.2) is 0 Å². The molecule has 10 aromatic carbocycles. The Morgan fingerprint density at radius 1 is 0.343 bits per heavy atom. The number of fused-ring (bicyclic) bond motifs is 2. The average Bonchev–Trinajstić information content (AvgIpc) is 3.41. The summed E-state index contributed by atoms with van der Waals surface area (Å²) in [6.07, 6.45) is 8.79. The molecule has 0 saturated carbocycles. The molecule has 2 aliphatic rings. The van der Waals surface area contributed by atoms with Crippen LogP contribution in [-0.2, 0) is 0 Å². The fourth-order valence-electron chi connectivity index (χ4n) is 10.00. The molecule has 318 valence electrons. The lowest BCUT2D eigenvalue weighted by molar-refractivity contribution is 0.487. The molecule has 3 heteroatoms. The summed E-state index contributed by atoms with van der Waals surface area (Å²) in [6, 6.07) is 85.1. The Morgan fingerprint density at radius 3 is 1.45 bits per heavy atom. The lowest BCUT2D eigenvalue weighted by Crippen LogP contribution is -2.12. The van der Waals surface area contributed by atoms with Gasteiger partial charge in [-0.1, -0.05) is 176 Å². The number of para-hydroxylation sites is 2. The predicted octanol–water partition coefficient (Wildman–Crippen LogP) is 18.3. The molecule has 0 aromatic heterocycles. The maximum Gasteiger partial charge on any atom is 0.137 e. The highest BCUT2D eigenvalue weighted by molar-refractivity contribution is 6.11. The van der Waals surface area contributed by atoms with Crippen molar-refractivity contribution in [2.75, 3.05) is 9.80 Å². The van der Waals surface area contributed by atoms with Crippen molar-refractivity contribution >= 4 is 50.5 Å². The first-order valence-electron chi connectivity index (χ1n) is 23.1. The molecule has 0 amide bonds. The number of hydrogen-bond donors (Lipinski definition) is 0. The minimum Gasteiger partial charge on any atom is -0.456 e. The molecule has 1 aliphatic heterocycles. The molecule has 0 bridgehead atoms. The molecule has 1 heterocycles. The number of benzene rings is 10. The van der Waals surface area contributed by atoms with E-state index in [-0.39, 0.29) is 0 Å². The fourth-order valence-corrected chi connectivity index (χ4v) is 10.00. The van der Waals surface area contributed by atoms with E-state index in [4.69, 9.17) is 4.74 Å². The summed E-state index contributed by atoms with van der Waals surface area (Å²) in [6.45, 7) is 0. The van der Waals surface area contributed by atoms with Crippen molar-refractivity contribution in [3.05, 3.63) is 260 Å². The predicted molar refractivity (Wildman–Crippen MR) is 281 cm³/mol. The molecule has 12 rings (SSSR count). The van der Waals surface area contributed by atoms with Gasteiger partial charge in [0.1, 0.15) is 11.5 Å². The van der Waals surface area contributed by atoms with Crippen molar-refractivity contribution in [2.45, 2.75) is 12.8 Å². The molecular weight excluding hydrogens is 813 g/mol. The van der Waals surface area contributed by atoms with E-state index in [1.807, 2.05) is 0 Å². The molecule has 0 saturated heterocycles. The van der Waals surface area contributed by atoms with Gasteiger partial charge in [0, 0.05) is 50.8 Å². The number of ether oxygens (including phenoxy) is 1. The van der Waals surface area contributed by atoms with E-state index in [0.29, 0.717) is 0 Å². The third-order valence-corrected chi connectivity index (χ3v) is 13.1. The second-order valence-electron chi connectivity index (χ2n) is 17.2. The Hall–Kier alpha value is -8.66. The van der Waals surface area contributed by atoms with Crippen molar-refractivity contribution in [1.82, 2.24) is 0 Å². The lowest BCUT2D eigenvalue weighted by Gasteiger charge is -2.31. The maximum absolute atomic E-state index is 7.00. The van der Waals surface area contributed by atoms with Gasteiger partial charge in [-0.3, -0.25) is 0 Å². The molecule has 0 radical (unpaired) electrons. The minimum absolute atomic E-state index is 0.831. The van der Waals surface area contributed by atoms with Crippen LogP contribution in [0.5, 0.6) is 11.5 Å². The highest BCUT2D eigenvalue weighted by Gasteiger charge is 2.27. The zero-order valence-electron chi connectivity index (χ0n) is 37.0. The number of anilines is 6. The van der Waals surface area contributed by atoms with E-state index in [1.54, 1.807) is 0 Å². The lowest BCUT2D eigenvalue weighted by atomic mass is 9.89. The van der Waals surface area contributed by atoms with Gasteiger partial charge in [-0.25, -0.2) is 0 Å². The average molecular weight is 859 g/mol. The summed E-state index contributed by atoms with van der Waals surface area (Å²) < 4.78 is 7.00. The van der Waals surface area contributed by atoms with Gasteiger partial charge in [0.2, 0.25) is 0 Å². The first kappa shape index (κ1) is 39.9. The number of allylic oxidation sites excluding steroid dienone is 4. The molecule has 0 unspecified atom stereocenters. The van der Waals surface area contributed by atoms with Crippen LogP contribution >= 0.6 is 0 Å². The zero-order valence-corrected chi connectivity index (χ0v) is 37.0. The largest absolute Gasteiger partial charge is 0.456 e. The Balaban J connectivity index is 1.06. The van der Waals surface area contributed by atoms with Crippen LogP contribution in [0, 0.1) is 0 Å². The van der Waals surface area contributed by atoms with E-state index in [9.17, 15) is 0 Å². The summed E-state index contributed by atoms with van der Waals surface area (Å²) in [5.74, 6) is 1.67. The molecule has 0 fully saturated rings. The fraction of sp³-hybridized carbons (Fsp3) is 0.0312. The molecule has 3 nitrogen and oxygen atoms in total. The number of rotatable bonds is 10. The summed E-state index contributed by atoms with van der Waals surface area (Å²) in [5, 5.41) is 2.20. The van der Waals surface area contributed by atoms with Gasteiger partial charge in [0.15, 0.2) is 0 Å². The SMILES string of the molecule is C1=CCCC(c2ccc(N(c3ccc(-c4ccccc4)c(-c4ccccc4)c3)c3ccc4c5c(cccc35)-c3ccc(N(c5ccccc5)c5ccccc5)cc3O4)cc2-c2ccccc2)=C1. The summed E-state index contributed by atoms with van der Waals surface area (Å²) in [4.78, 5) is 4.73. The van der Waals surface area contributed by atoms with Crippen LogP contribution in [0.2, 0.25) is 0 Å². The van der Waals surface area contributed by atoms with Gasteiger partial charge in [-0.05, 0) is 136 Å². The van der Waals surface area contributed by atoms with Crippen LogP contribution in [0.4, 0.5) is 34.1 Å². The van der Waals surface area contributed by atoms with E-state index in [2.05, 4.69) is 265 Å². The Kier molecular flexibility index (Phi) is 10.3. The van der Waals surface area contributed by atoms with Crippen molar-refractivity contribution < 1.29 is 4.74 Å². The molecule has 0 N–H and O–H groups in total. The van der Waals surface area contributed by atoms with E-state index < -0.39 is 0 Å². The normalized spacial score (nSPS) is 12.5. The second-order valence-corrected chi connectivity index (χ2v) is 17.2. The standard InChI is InChI=1S/C64H46N2O/c1-7-20-45(21-8-1)54-37-34-51(42-59(54)47-24-11-3-12-25-47)66(52-35-38-55(46-22-9-2-10-23-46)60(43-52)48-26-13-4-14-27-48)61-40-41-62-64-57(32-19-33-58(61)64)56-39-36-53(44-63(56)67-62)65(49-28-15-5-16-29-49)50-30-17-6-18-31-50/h1-9,11-22,24-44H,10,23H2. The van der Waals surface area contributed by atoms with Crippen molar-refractivity contribution in [2.24, 2.45) is 0 Å². The zero-order chi connectivity index (χ0) is 44.5. The van der Waals surface area contributed by atoms with Crippen LogP contribution in [0.25, 0.3) is 60.9 Å². The molecule has 0 spiro atoms. The highest BCUT2D eigenvalue weighted by Crippen LogP contribution is 2.53. The Labute approximate surface area is 392 Å². The van der Waals surface area contributed by atoms with Gasteiger partial charge in [-0.15, -0.1) is 0 Å². The first-order chi connectivity index (χ1) is 33.2. The van der Waals surface area contributed by atoms with Gasteiger partial charge < -0.3 is 14.5 Å². The Bertz CT molecular complexity index is 3430. The minimum atomic E-state index is 0.831. The van der Waals surface area contributed by atoms with Gasteiger partial charge in [0.25, 0.3) is 0 Å². The third-order valence-electron chi connectivity index (χ3n) is 13.1. The first-order valence-corrected chi connectivity index (χ1v) is 23.1. The monoisotopic (exact) mass is 858 g/mol. The smallest absolute Gasteiger partial charge is 0.137 e. The quantitative estimate of drug-likeness (QED) is 0.136. The molecule has 1 aliphatic carbocycles. The molecular formula is C64H46N2O. The molecule has 67 heavy (non-hydrogen) atoms. The maximum atomic E-state index is 7.00. The second kappa shape index (κ2) is 17.4. The summed E-state index contributed by atoms with van der Waals surface area (Å²) in [7, 11) is 0. The summed E-state index contributed by atoms with van der Waals surface area (Å²) in [5.41, 5.74) is 18.4. The van der Waals surface area contributed by atoms with Crippen molar-refractivity contribution in [3.8, 4) is 56.0 Å². The van der Waals surface area contributed by atoms with E-state index in [1.165, 1.54) is 44.5 Å². The third kappa shape index (κ3) is 7.47. The van der Waals surface area contributed by atoms with E-state index in [0.717, 1.165) is 80.4 Å². The Morgan fingerprint density at radius 2 is 0.866 bits per heavy atom. The topological polar surface area (TPSA) is 15.7 Å². The van der Waals surface area contributed by atoms with Gasteiger partial charge >= 0.3 is 0 Å². The van der Waals surface area contributed by atoms with Crippen LogP contribution in [0.15, 0.2) is 255 Å². The van der Waals surface area contributed by atoms with Crippen LogP contribution in [0.3, 0.4) is 0 Å². The highest BCUT2D eigenvalue weighted by atomic mass is 16.5. The van der Waals surface area contributed by atoms with E-state index >= 15 is 0 Å². The molecule has 10 aromatic rings. The number of nitrogens with zero attached hydrogens (tertiary/aromatic N) is 2. The van der Waals surface area contributed by atoms with Gasteiger partial charge in [0.05, 0.1) is 5.69 Å². The van der Waals surface area contributed by atoms with Crippen molar-refractivity contribution in [1.29, 1.82) is 0 Å². The van der Waals surface area contributed by atoms with Gasteiger partial charge in [-0.2, -0.15) is 0 Å². The summed E-state index contributed by atoms with van der Waals surface area (Å²) >= 11 is 0.